The van der Waals surface area contributed by atoms with Gasteiger partial charge >= 0.3 is 5.84 Å². The summed E-state index contributed by atoms with van der Waals surface area (Å²) in [4.78, 5) is 16.9. The maximum Gasteiger partial charge on any atom is 0.310 e. The molecule has 0 spiro atoms. The van der Waals surface area contributed by atoms with Crippen molar-refractivity contribution in [2.75, 3.05) is 0 Å². The molecule has 4 rings (SSSR count). The van der Waals surface area contributed by atoms with Gasteiger partial charge in [0.2, 0.25) is 0 Å². The quantitative estimate of drug-likeness (QED) is 0.500. The van der Waals surface area contributed by atoms with E-state index in [0.29, 0.717) is 16.8 Å². The molecule has 2 heterocycles. The van der Waals surface area contributed by atoms with Crippen LogP contribution in [0.2, 0.25) is 0 Å². The number of hydrogen-bond donors (Lipinski definition) is 0. The van der Waals surface area contributed by atoms with Crippen molar-refractivity contribution in [1.82, 2.24) is 9.38 Å². The van der Waals surface area contributed by atoms with Crippen molar-refractivity contribution in [2.45, 2.75) is 0 Å². The van der Waals surface area contributed by atoms with Crippen LogP contribution < -0.4 is 5.56 Å². The van der Waals surface area contributed by atoms with Crippen LogP contribution in [-0.4, -0.2) is 9.38 Å². The van der Waals surface area contributed by atoms with E-state index in [1.54, 1.807) is 12.1 Å². The summed E-state index contributed by atoms with van der Waals surface area (Å²) in [7, 11) is 0. The number of imidazole rings is 1. The monoisotopic (exact) mass is 314 g/mol. The molecule has 2 aromatic heterocycles. The lowest BCUT2D eigenvalue weighted by Crippen LogP contribution is -2.12. The van der Waals surface area contributed by atoms with Crippen LogP contribution in [0.3, 0.4) is 0 Å². The molecule has 92 valence electrons. The lowest BCUT2D eigenvalue weighted by molar-refractivity contribution is 0.616. The third-order valence-corrected chi connectivity index (χ3v) is 3.60. The molecule has 19 heavy (non-hydrogen) atoms. The highest BCUT2D eigenvalue weighted by Gasteiger charge is 2.12. The van der Waals surface area contributed by atoms with Gasteiger partial charge < -0.3 is 4.42 Å². The minimum atomic E-state index is -0.113. The predicted octanol–water partition coefficient (Wildman–Crippen LogP) is 3.36. The molecule has 0 unspecified atom stereocenters. The summed E-state index contributed by atoms with van der Waals surface area (Å²) in [6.45, 7) is 0. The second-order valence-corrected chi connectivity index (χ2v) is 5.18. The average molecular weight is 315 g/mol. The number of nitrogens with zero attached hydrogens (tertiary/aromatic N) is 2. The van der Waals surface area contributed by atoms with Gasteiger partial charge in [0.25, 0.3) is 5.56 Å². The predicted molar refractivity (Wildman–Crippen MR) is 76.4 cm³/mol. The first-order valence-electron chi connectivity index (χ1n) is 5.73. The Morgan fingerprint density at radius 1 is 1.16 bits per heavy atom. The number of fused-ring (bicyclic) bond motifs is 4. The summed E-state index contributed by atoms with van der Waals surface area (Å²) in [6, 6.07) is 12.8. The van der Waals surface area contributed by atoms with E-state index in [9.17, 15) is 4.79 Å². The van der Waals surface area contributed by atoms with E-state index in [4.69, 9.17) is 4.42 Å². The highest BCUT2D eigenvalue weighted by atomic mass is 79.9. The van der Waals surface area contributed by atoms with Crippen LogP contribution >= 0.6 is 15.9 Å². The fraction of sp³-hybridized carbons (Fsp3) is 0. The average Bonchev–Trinajstić information content (AvgIpc) is 2.76. The van der Waals surface area contributed by atoms with Crippen molar-refractivity contribution in [1.29, 1.82) is 0 Å². The Balaban J connectivity index is 2.35. The molecule has 5 heteroatoms. The topological polar surface area (TPSA) is 47.5 Å². The molecule has 0 aliphatic heterocycles. The van der Waals surface area contributed by atoms with Gasteiger partial charge in [-0.25, -0.2) is 4.40 Å². The third-order valence-electron chi connectivity index (χ3n) is 3.11. The Kier molecular flexibility index (Phi) is 2.08. The van der Waals surface area contributed by atoms with Crippen molar-refractivity contribution >= 4 is 43.8 Å². The zero-order valence-corrected chi connectivity index (χ0v) is 11.2. The van der Waals surface area contributed by atoms with E-state index in [0.717, 1.165) is 15.5 Å². The molecule has 4 nitrogen and oxygen atoms in total. The fourth-order valence-electron chi connectivity index (χ4n) is 2.24. The molecule has 0 atom stereocenters. The van der Waals surface area contributed by atoms with Crippen molar-refractivity contribution in [3.63, 3.8) is 0 Å². The molecule has 0 amide bonds. The molecule has 2 aromatic carbocycles. The van der Waals surface area contributed by atoms with Crippen LogP contribution in [0.5, 0.6) is 0 Å². The number of rotatable bonds is 0. The molecule has 0 bridgehead atoms. The number of halogens is 1. The van der Waals surface area contributed by atoms with Gasteiger partial charge in [-0.3, -0.25) is 4.79 Å². The lowest BCUT2D eigenvalue weighted by atomic mass is 10.2. The Hall–Kier alpha value is -2.14. The van der Waals surface area contributed by atoms with Crippen LogP contribution in [-0.2, 0) is 0 Å². The second kappa shape index (κ2) is 3.68. The van der Waals surface area contributed by atoms with Crippen molar-refractivity contribution in [3.05, 3.63) is 57.3 Å². The van der Waals surface area contributed by atoms with Gasteiger partial charge in [-0.15, -0.1) is 0 Å². The van der Waals surface area contributed by atoms with Gasteiger partial charge in [0.15, 0.2) is 0 Å². The number of aromatic nitrogens is 2. The van der Waals surface area contributed by atoms with Gasteiger partial charge in [-0.1, -0.05) is 28.1 Å². The van der Waals surface area contributed by atoms with Gasteiger partial charge in [0.05, 0.1) is 16.4 Å². The van der Waals surface area contributed by atoms with Crippen LogP contribution in [0, 0.1) is 0 Å². The molecular formula is C14H7BrN2O2. The minimum absolute atomic E-state index is 0.113. The van der Waals surface area contributed by atoms with E-state index in [1.807, 2.05) is 30.3 Å². The van der Waals surface area contributed by atoms with Crippen molar-refractivity contribution < 1.29 is 4.42 Å². The normalized spacial score (nSPS) is 11.6. The first kappa shape index (κ1) is 10.8. The van der Waals surface area contributed by atoms with E-state index >= 15 is 0 Å². The lowest BCUT2D eigenvalue weighted by Gasteiger charge is -1.98. The Bertz CT molecular complexity index is 1000. The van der Waals surface area contributed by atoms with Crippen LogP contribution in [0.4, 0.5) is 0 Å². The van der Waals surface area contributed by atoms with Crippen LogP contribution in [0.15, 0.2) is 56.1 Å². The Morgan fingerprint density at radius 3 is 2.89 bits per heavy atom. The SMILES string of the molecule is O=c1c2ccccc2oc2nc3ccc(Br)cc3n12. The Morgan fingerprint density at radius 2 is 2.00 bits per heavy atom. The summed E-state index contributed by atoms with van der Waals surface area (Å²) in [6.07, 6.45) is 0. The molecule has 4 aromatic rings. The zero-order chi connectivity index (χ0) is 13.0. The van der Waals surface area contributed by atoms with E-state index in [-0.39, 0.29) is 5.56 Å². The van der Waals surface area contributed by atoms with Crippen molar-refractivity contribution in [3.8, 4) is 0 Å². The largest absolute Gasteiger partial charge is 0.424 e. The Labute approximate surface area is 115 Å². The molecule has 0 radical (unpaired) electrons. The number of hydrogen-bond acceptors (Lipinski definition) is 3. The van der Waals surface area contributed by atoms with E-state index < -0.39 is 0 Å². The third kappa shape index (κ3) is 1.45. The smallest absolute Gasteiger partial charge is 0.310 e. The van der Waals surface area contributed by atoms with Crippen LogP contribution in [0.25, 0.3) is 27.8 Å². The highest BCUT2D eigenvalue weighted by Crippen LogP contribution is 2.21. The molecule has 0 saturated heterocycles. The summed E-state index contributed by atoms with van der Waals surface area (Å²) >= 11 is 3.40. The first-order valence-corrected chi connectivity index (χ1v) is 6.53. The summed E-state index contributed by atoms with van der Waals surface area (Å²) in [5.41, 5.74) is 1.91. The molecule has 0 aliphatic rings. The van der Waals surface area contributed by atoms with Gasteiger partial charge in [0, 0.05) is 4.47 Å². The molecule has 0 aliphatic carbocycles. The van der Waals surface area contributed by atoms with Crippen LogP contribution in [0.1, 0.15) is 0 Å². The maximum absolute atomic E-state index is 12.5. The summed E-state index contributed by atoms with van der Waals surface area (Å²) in [5.74, 6) is 0.316. The second-order valence-electron chi connectivity index (χ2n) is 4.27. The zero-order valence-electron chi connectivity index (χ0n) is 9.63. The van der Waals surface area contributed by atoms with E-state index in [2.05, 4.69) is 20.9 Å². The van der Waals surface area contributed by atoms with Gasteiger partial charge in [-0.2, -0.15) is 4.98 Å². The fourth-order valence-corrected chi connectivity index (χ4v) is 2.59. The highest BCUT2D eigenvalue weighted by molar-refractivity contribution is 9.10. The molecule has 0 saturated carbocycles. The van der Waals surface area contributed by atoms with E-state index in [1.165, 1.54) is 4.40 Å². The molecule has 0 fully saturated rings. The number of para-hydroxylation sites is 1. The van der Waals surface area contributed by atoms with Crippen molar-refractivity contribution in [2.24, 2.45) is 0 Å². The molecule has 0 N–H and O–H groups in total. The number of benzene rings is 2. The van der Waals surface area contributed by atoms with Gasteiger partial charge in [0.1, 0.15) is 5.58 Å². The summed E-state index contributed by atoms with van der Waals surface area (Å²) in [5, 5.41) is 0.550. The first-order chi connectivity index (χ1) is 9.24. The van der Waals surface area contributed by atoms with Gasteiger partial charge in [-0.05, 0) is 30.3 Å². The standard InChI is InChI=1S/C14H7BrN2O2/c15-8-5-6-10-11(7-8)17-13(18)9-3-1-2-4-12(9)19-14(17)16-10/h1-7H. The maximum atomic E-state index is 12.5. The molecular weight excluding hydrogens is 308 g/mol. The minimum Gasteiger partial charge on any atom is -0.424 e. The summed E-state index contributed by atoms with van der Waals surface area (Å²) < 4.78 is 8.09.